The van der Waals surface area contributed by atoms with Gasteiger partial charge in [0.2, 0.25) is 0 Å². The second-order valence-electron chi connectivity index (χ2n) is 5.82. The van der Waals surface area contributed by atoms with Gasteiger partial charge in [-0.15, -0.1) is 0 Å². The lowest BCUT2D eigenvalue weighted by Crippen LogP contribution is -2.44. The van der Waals surface area contributed by atoms with Crippen LogP contribution in [0.1, 0.15) is 29.9 Å². The second-order valence-corrected chi connectivity index (χ2v) is 5.82. The molecule has 108 valence electrons. The van der Waals surface area contributed by atoms with Gasteiger partial charge in [-0.3, -0.25) is 4.90 Å². The third-order valence-corrected chi connectivity index (χ3v) is 4.03. The second kappa shape index (κ2) is 6.55. The number of hydrogen-bond donors (Lipinski definition) is 1. The van der Waals surface area contributed by atoms with Gasteiger partial charge in [0.1, 0.15) is 11.5 Å². The molecule has 4 heteroatoms. The van der Waals surface area contributed by atoms with Crippen LogP contribution < -0.4 is 5.32 Å². The average Bonchev–Trinajstić information content (AvgIpc) is 2.70. The summed E-state index contributed by atoms with van der Waals surface area (Å²) < 4.78 is 5.77. The predicted molar refractivity (Wildman–Crippen MR) is 78.2 cm³/mol. The Bertz CT molecular complexity index is 400. The van der Waals surface area contributed by atoms with Crippen LogP contribution in [0.15, 0.2) is 10.5 Å². The molecule has 19 heavy (non-hydrogen) atoms. The number of nitrogens with one attached hydrogen (secondary N) is 1. The van der Waals surface area contributed by atoms with Crippen molar-refractivity contribution < 1.29 is 4.42 Å². The fourth-order valence-electron chi connectivity index (χ4n) is 2.84. The summed E-state index contributed by atoms with van der Waals surface area (Å²) in [6.45, 7) is 6.27. The first-order chi connectivity index (χ1) is 9.10. The van der Waals surface area contributed by atoms with E-state index in [0.29, 0.717) is 6.04 Å². The fraction of sp³-hybridized carbons (Fsp3) is 0.733. The smallest absolute Gasteiger partial charge is 0.118 e. The highest BCUT2D eigenvalue weighted by molar-refractivity contribution is 5.20. The predicted octanol–water partition coefficient (Wildman–Crippen LogP) is 1.83. The van der Waals surface area contributed by atoms with Crippen LogP contribution in [0.25, 0.3) is 0 Å². The van der Waals surface area contributed by atoms with Crippen LogP contribution in [0.3, 0.4) is 0 Å². The molecule has 2 heterocycles. The van der Waals surface area contributed by atoms with E-state index in [-0.39, 0.29) is 0 Å². The zero-order valence-corrected chi connectivity index (χ0v) is 12.7. The highest BCUT2D eigenvalue weighted by atomic mass is 16.3. The Balaban J connectivity index is 1.96. The van der Waals surface area contributed by atoms with E-state index in [1.165, 1.54) is 31.5 Å². The maximum atomic E-state index is 5.77. The minimum absolute atomic E-state index is 0.692. The van der Waals surface area contributed by atoms with E-state index >= 15 is 0 Å². The van der Waals surface area contributed by atoms with Crippen LogP contribution in [0.5, 0.6) is 0 Å². The fourth-order valence-corrected chi connectivity index (χ4v) is 2.84. The van der Waals surface area contributed by atoms with Gasteiger partial charge in [-0.25, -0.2) is 0 Å². The number of rotatable bonds is 5. The minimum atomic E-state index is 0.692. The van der Waals surface area contributed by atoms with E-state index in [1.807, 2.05) is 7.05 Å². The number of aryl methyl sites for hydroxylation is 1. The number of hydrogen-bond acceptors (Lipinski definition) is 4. The summed E-state index contributed by atoms with van der Waals surface area (Å²) >= 11 is 0. The maximum absolute atomic E-state index is 5.77. The number of likely N-dealkylation sites (N-methyl/N-ethyl adjacent to an activating group) is 1. The van der Waals surface area contributed by atoms with Gasteiger partial charge in [0.15, 0.2) is 0 Å². The van der Waals surface area contributed by atoms with Crippen molar-refractivity contribution in [2.24, 2.45) is 0 Å². The topological polar surface area (TPSA) is 31.6 Å². The quantitative estimate of drug-likeness (QED) is 0.880. The molecule has 4 nitrogen and oxygen atoms in total. The third-order valence-electron chi connectivity index (χ3n) is 4.03. The Morgan fingerprint density at radius 2 is 2.26 bits per heavy atom. The molecule has 0 aliphatic carbocycles. The van der Waals surface area contributed by atoms with E-state index < -0.39 is 0 Å². The van der Waals surface area contributed by atoms with Crippen molar-refractivity contribution in [2.75, 3.05) is 34.2 Å². The third kappa shape index (κ3) is 3.81. The molecule has 1 aliphatic heterocycles. The Morgan fingerprint density at radius 1 is 1.47 bits per heavy atom. The van der Waals surface area contributed by atoms with E-state index in [0.717, 1.165) is 24.6 Å². The monoisotopic (exact) mass is 265 g/mol. The number of furan rings is 1. The Kier molecular flexibility index (Phi) is 5.02. The molecule has 0 bridgehead atoms. The van der Waals surface area contributed by atoms with Crippen molar-refractivity contribution in [2.45, 2.75) is 38.9 Å². The van der Waals surface area contributed by atoms with Gasteiger partial charge in [0, 0.05) is 24.7 Å². The highest BCUT2D eigenvalue weighted by Crippen LogP contribution is 2.20. The summed E-state index contributed by atoms with van der Waals surface area (Å²) in [5.41, 5.74) is 1.34. The van der Waals surface area contributed by atoms with Crippen molar-refractivity contribution in [1.82, 2.24) is 15.1 Å². The molecule has 1 unspecified atom stereocenters. The Hall–Kier alpha value is -0.840. The summed E-state index contributed by atoms with van der Waals surface area (Å²) in [6.07, 6.45) is 2.61. The van der Waals surface area contributed by atoms with Crippen LogP contribution in [-0.4, -0.2) is 50.1 Å². The molecule has 1 aromatic heterocycles. The van der Waals surface area contributed by atoms with Gasteiger partial charge in [0.05, 0.1) is 6.54 Å². The first-order valence-corrected chi connectivity index (χ1v) is 7.21. The number of piperidine rings is 1. The number of nitrogens with zero attached hydrogens (tertiary/aromatic N) is 2. The molecular formula is C15H27N3O. The zero-order valence-electron chi connectivity index (χ0n) is 12.7. The summed E-state index contributed by atoms with van der Waals surface area (Å²) in [7, 11) is 6.31. The summed E-state index contributed by atoms with van der Waals surface area (Å²) in [5, 5.41) is 3.14. The molecule has 0 amide bonds. The summed E-state index contributed by atoms with van der Waals surface area (Å²) in [6, 6.07) is 2.89. The molecule has 2 rings (SSSR count). The largest absolute Gasteiger partial charge is 0.465 e. The first-order valence-electron chi connectivity index (χ1n) is 7.21. The van der Waals surface area contributed by atoms with Gasteiger partial charge >= 0.3 is 0 Å². The van der Waals surface area contributed by atoms with Crippen molar-refractivity contribution in [1.29, 1.82) is 0 Å². The van der Waals surface area contributed by atoms with Crippen LogP contribution >= 0.6 is 0 Å². The molecule has 0 spiro atoms. The lowest BCUT2D eigenvalue weighted by atomic mass is 10.0. The highest BCUT2D eigenvalue weighted by Gasteiger charge is 2.22. The lowest BCUT2D eigenvalue weighted by molar-refractivity contribution is 0.127. The molecule has 1 atom stereocenters. The van der Waals surface area contributed by atoms with E-state index in [2.05, 4.69) is 42.2 Å². The van der Waals surface area contributed by atoms with Gasteiger partial charge < -0.3 is 14.6 Å². The Labute approximate surface area is 116 Å². The average molecular weight is 265 g/mol. The molecular weight excluding hydrogens is 238 g/mol. The van der Waals surface area contributed by atoms with Crippen LogP contribution in [0.2, 0.25) is 0 Å². The Morgan fingerprint density at radius 3 is 2.95 bits per heavy atom. The maximum Gasteiger partial charge on any atom is 0.118 e. The van der Waals surface area contributed by atoms with E-state index in [1.54, 1.807) is 0 Å². The molecule has 1 N–H and O–H groups in total. The molecule has 1 aromatic rings. The first kappa shape index (κ1) is 14.6. The van der Waals surface area contributed by atoms with Crippen molar-refractivity contribution in [3.8, 4) is 0 Å². The standard InChI is InChI=1S/C15H27N3O/c1-12-13(8-15(19-12)9-16-2)10-18-7-5-6-14(11-18)17(3)4/h8,14,16H,5-7,9-11H2,1-4H3. The van der Waals surface area contributed by atoms with E-state index in [9.17, 15) is 0 Å². The van der Waals surface area contributed by atoms with Gasteiger partial charge in [-0.1, -0.05) is 0 Å². The van der Waals surface area contributed by atoms with Crippen molar-refractivity contribution >= 4 is 0 Å². The van der Waals surface area contributed by atoms with Crippen molar-refractivity contribution in [3.63, 3.8) is 0 Å². The molecule has 0 saturated carbocycles. The van der Waals surface area contributed by atoms with Gasteiger partial charge in [-0.2, -0.15) is 0 Å². The van der Waals surface area contributed by atoms with Crippen LogP contribution in [0.4, 0.5) is 0 Å². The SMILES string of the molecule is CNCc1cc(CN2CCCC(N(C)C)C2)c(C)o1. The lowest BCUT2D eigenvalue weighted by Gasteiger charge is -2.36. The molecule has 0 aromatic carbocycles. The van der Waals surface area contributed by atoms with E-state index in [4.69, 9.17) is 4.42 Å². The summed E-state index contributed by atoms with van der Waals surface area (Å²) in [5.74, 6) is 2.10. The van der Waals surface area contributed by atoms with Crippen LogP contribution in [-0.2, 0) is 13.1 Å². The van der Waals surface area contributed by atoms with Gasteiger partial charge in [0.25, 0.3) is 0 Å². The van der Waals surface area contributed by atoms with Crippen LogP contribution in [0, 0.1) is 6.92 Å². The minimum Gasteiger partial charge on any atom is -0.465 e. The number of likely N-dealkylation sites (tertiary alicyclic amines) is 1. The van der Waals surface area contributed by atoms with Gasteiger partial charge in [-0.05, 0) is 53.5 Å². The summed E-state index contributed by atoms with van der Waals surface area (Å²) in [4.78, 5) is 4.90. The molecule has 1 fully saturated rings. The van der Waals surface area contributed by atoms with Crippen molar-refractivity contribution in [3.05, 3.63) is 23.2 Å². The molecule has 0 radical (unpaired) electrons. The molecule has 1 saturated heterocycles. The molecule has 1 aliphatic rings. The normalized spacial score (nSPS) is 21.2. The zero-order chi connectivity index (χ0) is 13.8.